The van der Waals surface area contributed by atoms with Crippen molar-refractivity contribution in [3.05, 3.63) is 58.9 Å². The van der Waals surface area contributed by atoms with Gasteiger partial charge >= 0.3 is 0 Å². The van der Waals surface area contributed by atoms with E-state index in [1.807, 2.05) is 41.8 Å². The van der Waals surface area contributed by atoms with Crippen LogP contribution in [0.3, 0.4) is 0 Å². The fraction of sp³-hybridized carbons (Fsp3) is 0.440. The highest BCUT2D eigenvalue weighted by atomic mass is 35.5. The van der Waals surface area contributed by atoms with Crippen molar-refractivity contribution in [2.45, 2.75) is 64.2 Å². The van der Waals surface area contributed by atoms with E-state index in [-0.39, 0.29) is 17.9 Å². The summed E-state index contributed by atoms with van der Waals surface area (Å²) in [5, 5.41) is 3.91. The highest BCUT2D eigenvalue weighted by Gasteiger charge is 2.48. The molecule has 0 radical (unpaired) electrons. The summed E-state index contributed by atoms with van der Waals surface area (Å²) in [5.41, 5.74) is 1.94. The Kier molecular flexibility index (Phi) is 5.28. The number of rotatable bonds is 4. The smallest absolute Gasteiger partial charge is 0.271 e. The molecular weight excluding hydrogens is 426 g/mol. The maximum absolute atomic E-state index is 13.7. The first kappa shape index (κ1) is 21.1. The molecule has 1 aromatic carbocycles. The van der Waals surface area contributed by atoms with Gasteiger partial charge in [-0.05, 0) is 56.2 Å². The molecule has 7 heteroatoms. The second kappa shape index (κ2) is 8.00. The number of carbonyl (C=O) groups excluding carboxylic acids is 2. The number of fused-ring (bicyclic) bond motifs is 3. The van der Waals surface area contributed by atoms with E-state index in [1.54, 1.807) is 17.2 Å². The molecular formula is C25H28ClN3O3. The number of benzene rings is 1. The fourth-order valence-corrected chi connectivity index (χ4v) is 5.16. The molecule has 2 aromatic heterocycles. The second-order valence-corrected chi connectivity index (χ2v) is 9.94. The van der Waals surface area contributed by atoms with E-state index >= 15 is 0 Å². The lowest BCUT2D eigenvalue weighted by Gasteiger charge is -2.45. The van der Waals surface area contributed by atoms with Crippen molar-refractivity contribution in [2.24, 2.45) is 5.92 Å². The number of hydrogen-bond acceptors (Lipinski definition) is 3. The van der Waals surface area contributed by atoms with Gasteiger partial charge in [0.25, 0.3) is 5.91 Å². The highest BCUT2D eigenvalue weighted by molar-refractivity contribution is 6.30. The Morgan fingerprint density at radius 1 is 1.19 bits per heavy atom. The van der Waals surface area contributed by atoms with Gasteiger partial charge in [0.2, 0.25) is 5.91 Å². The number of amides is 2. The van der Waals surface area contributed by atoms with Crippen LogP contribution in [0.5, 0.6) is 0 Å². The van der Waals surface area contributed by atoms with Crippen molar-refractivity contribution in [1.29, 1.82) is 0 Å². The molecule has 5 rings (SSSR count). The monoisotopic (exact) mass is 453 g/mol. The molecule has 1 atom stereocenters. The molecule has 168 valence electrons. The third-order valence-electron chi connectivity index (χ3n) is 7.14. The van der Waals surface area contributed by atoms with Crippen molar-refractivity contribution in [3.63, 3.8) is 0 Å². The fourth-order valence-electron chi connectivity index (χ4n) is 5.04. The number of halogens is 1. The SMILES string of the molecule is CC1CCC(NC(=O)[C@]2(C)Cn3c(cc4occc43)C(=O)N2Cc2ccc(Cl)cc2)CC1. The summed E-state index contributed by atoms with van der Waals surface area (Å²) in [6.45, 7) is 4.83. The van der Waals surface area contributed by atoms with Gasteiger partial charge in [0.15, 0.2) is 5.58 Å². The van der Waals surface area contributed by atoms with E-state index in [2.05, 4.69) is 12.2 Å². The van der Waals surface area contributed by atoms with Crippen molar-refractivity contribution in [3.8, 4) is 0 Å². The standard InChI is InChI=1S/C25H28ClN3O3/c1-16-3-9-19(10-4-16)27-24(31)25(2)15-28-20-11-12-32-22(20)13-21(28)23(30)29(25)14-17-5-7-18(26)8-6-17/h5-8,11-13,16,19H,3-4,9-10,14-15H2,1-2H3,(H,27,31)/t16?,19?,25-/m0/s1. The Bertz CT molecular complexity index is 1160. The summed E-state index contributed by atoms with van der Waals surface area (Å²) >= 11 is 6.05. The molecule has 1 saturated carbocycles. The third-order valence-corrected chi connectivity index (χ3v) is 7.39. The lowest BCUT2D eigenvalue weighted by atomic mass is 9.86. The van der Waals surface area contributed by atoms with Gasteiger partial charge in [-0.25, -0.2) is 0 Å². The summed E-state index contributed by atoms with van der Waals surface area (Å²) in [5.74, 6) is 0.427. The zero-order chi connectivity index (χ0) is 22.5. The minimum atomic E-state index is -1.03. The topological polar surface area (TPSA) is 67.5 Å². The second-order valence-electron chi connectivity index (χ2n) is 9.51. The molecule has 1 N–H and O–H groups in total. The predicted molar refractivity (Wildman–Crippen MR) is 123 cm³/mol. The summed E-state index contributed by atoms with van der Waals surface area (Å²) < 4.78 is 7.46. The zero-order valence-electron chi connectivity index (χ0n) is 18.4. The van der Waals surface area contributed by atoms with E-state index in [0.29, 0.717) is 35.3 Å². The largest absolute Gasteiger partial charge is 0.463 e. The van der Waals surface area contributed by atoms with E-state index in [4.69, 9.17) is 16.0 Å². The van der Waals surface area contributed by atoms with Crippen molar-refractivity contribution in [1.82, 2.24) is 14.8 Å². The Balaban J connectivity index is 1.50. The maximum Gasteiger partial charge on any atom is 0.271 e. The van der Waals surface area contributed by atoms with Crippen LogP contribution in [-0.4, -0.2) is 32.9 Å². The average Bonchev–Trinajstić information content (AvgIpc) is 3.36. The molecule has 3 heterocycles. The lowest BCUT2D eigenvalue weighted by Crippen LogP contribution is -2.64. The van der Waals surface area contributed by atoms with Gasteiger partial charge in [0.1, 0.15) is 11.2 Å². The first-order valence-corrected chi connectivity index (χ1v) is 11.7. The van der Waals surface area contributed by atoms with Gasteiger partial charge < -0.3 is 19.2 Å². The zero-order valence-corrected chi connectivity index (χ0v) is 19.2. The Morgan fingerprint density at radius 3 is 2.62 bits per heavy atom. The Morgan fingerprint density at radius 2 is 1.91 bits per heavy atom. The molecule has 2 aliphatic rings. The minimum absolute atomic E-state index is 0.102. The number of hydrogen-bond donors (Lipinski definition) is 1. The minimum Gasteiger partial charge on any atom is -0.463 e. The van der Waals surface area contributed by atoms with E-state index in [9.17, 15) is 9.59 Å². The van der Waals surface area contributed by atoms with Crippen LogP contribution in [0.1, 0.15) is 55.6 Å². The van der Waals surface area contributed by atoms with Crippen LogP contribution in [0.2, 0.25) is 5.02 Å². The average molecular weight is 454 g/mol. The van der Waals surface area contributed by atoms with Crippen molar-refractivity contribution >= 4 is 34.5 Å². The van der Waals surface area contributed by atoms with Gasteiger partial charge in [-0.1, -0.05) is 30.7 Å². The molecule has 3 aromatic rings. The predicted octanol–water partition coefficient (Wildman–Crippen LogP) is 5.00. The van der Waals surface area contributed by atoms with Crippen LogP contribution in [0.15, 0.2) is 47.1 Å². The normalized spacial score (nSPS) is 25.7. The van der Waals surface area contributed by atoms with Crippen molar-refractivity contribution < 1.29 is 14.0 Å². The number of nitrogens with zero attached hydrogens (tertiary/aromatic N) is 2. The van der Waals surface area contributed by atoms with Gasteiger partial charge in [0.05, 0.1) is 18.3 Å². The first-order valence-electron chi connectivity index (χ1n) is 11.3. The summed E-state index contributed by atoms with van der Waals surface area (Å²) in [6, 6.07) is 11.2. The van der Waals surface area contributed by atoms with E-state index < -0.39 is 5.54 Å². The molecule has 0 saturated heterocycles. The molecule has 32 heavy (non-hydrogen) atoms. The van der Waals surface area contributed by atoms with Crippen LogP contribution in [0.4, 0.5) is 0 Å². The van der Waals surface area contributed by atoms with Gasteiger partial charge in [-0.2, -0.15) is 0 Å². The number of furan rings is 1. The molecule has 0 unspecified atom stereocenters. The summed E-state index contributed by atoms with van der Waals surface area (Å²) in [7, 11) is 0. The maximum atomic E-state index is 13.7. The van der Waals surface area contributed by atoms with Gasteiger partial charge in [-0.15, -0.1) is 0 Å². The number of aromatic nitrogens is 1. The first-order chi connectivity index (χ1) is 15.3. The third kappa shape index (κ3) is 3.60. The molecule has 1 aliphatic carbocycles. The summed E-state index contributed by atoms with van der Waals surface area (Å²) in [4.78, 5) is 29.1. The van der Waals surface area contributed by atoms with Crippen LogP contribution < -0.4 is 5.32 Å². The Labute approximate surface area is 192 Å². The van der Waals surface area contributed by atoms with Gasteiger partial charge in [-0.3, -0.25) is 9.59 Å². The summed E-state index contributed by atoms with van der Waals surface area (Å²) in [6.07, 6.45) is 5.81. The van der Waals surface area contributed by atoms with Crippen LogP contribution >= 0.6 is 11.6 Å². The van der Waals surface area contributed by atoms with Crippen LogP contribution in [0.25, 0.3) is 11.1 Å². The molecule has 0 bridgehead atoms. The highest BCUT2D eigenvalue weighted by Crippen LogP contribution is 2.34. The Hall–Kier alpha value is -2.73. The molecule has 1 fully saturated rings. The van der Waals surface area contributed by atoms with Gasteiger partial charge in [0, 0.05) is 29.7 Å². The van der Waals surface area contributed by atoms with Crippen molar-refractivity contribution in [2.75, 3.05) is 0 Å². The molecule has 2 amide bonds. The van der Waals surface area contributed by atoms with E-state index in [0.717, 1.165) is 36.8 Å². The lowest BCUT2D eigenvalue weighted by molar-refractivity contribution is -0.134. The molecule has 1 aliphatic heterocycles. The quantitative estimate of drug-likeness (QED) is 0.604. The van der Waals surface area contributed by atoms with Crippen LogP contribution in [0, 0.1) is 5.92 Å². The van der Waals surface area contributed by atoms with E-state index in [1.165, 1.54) is 0 Å². The molecule has 0 spiro atoms. The number of carbonyl (C=O) groups is 2. The van der Waals surface area contributed by atoms with Crippen LogP contribution in [-0.2, 0) is 17.9 Å². The number of nitrogens with one attached hydrogen (secondary N) is 1. The molecule has 6 nitrogen and oxygen atoms in total.